The summed E-state index contributed by atoms with van der Waals surface area (Å²) in [6, 6.07) is 13.0. The molecule has 0 atom stereocenters. The molecular weight excluding hydrogens is 277 g/mol. The van der Waals surface area contributed by atoms with Crippen molar-refractivity contribution in [1.29, 1.82) is 0 Å². The summed E-state index contributed by atoms with van der Waals surface area (Å²) in [6.45, 7) is 3.86. The molecule has 0 saturated carbocycles. The Labute approximate surface area is 122 Å². The van der Waals surface area contributed by atoms with Crippen molar-refractivity contribution in [1.82, 2.24) is 0 Å². The summed E-state index contributed by atoms with van der Waals surface area (Å²) in [5, 5.41) is 0.636. The van der Waals surface area contributed by atoms with Crippen LogP contribution in [0.4, 0.5) is 10.1 Å². The van der Waals surface area contributed by atoms with E-state index in [4.69, 9.17) is 11.6 Å². The van der Waals surface area contributed by atoms with E-state index in [0.717, 1.165) is 5.56 Å². The van der Waals surface area contributed by atoms with Crippen LogP contribution in [0.2, 0.25) is 5.02 Å². The van der Waals surface area contributed by atoms with Gasteiger partial charge in [0.1, 0.15) is 5.82 Å². The summed E-state index contributed by atoms with van der Waals surface area (Å²) >= 11 is 5.83. The number of halogens is 2. The Morgan fingerprint density at radius 2 is 1.75 bits per heavy atom. The normalized spacial score (nSPS) is 10.1. The molecule has 2 nitrogen and oxygen atoms in total. The van der Waals surface area contributed by atoms with Crippen molar-refractivity contribution < 1.29 is 9.18 Å². The van der Waals surface area contributed by atoms with E-state index in [1.807, 2.05) is 12.1 Å². The third kappa shape index (κ3) is 3.45. The first-order chi connectivity index (χ1) is 9.60. The second-order valence-electron chi connectivity index (χ2n) is 4.23. The molecule has 0 spiro atoms. The topological polar surface area (TPSA) is 20.3 Å². The number of anilines is 1. The number of amides is 1. The molecule has 0 N–H and O–H groups in total. The standard InChI is InChI=1S/C16H13ClFNO/c1-2-16(20)19(15-9-7-14(18)8-10-15)11-12-3-5-13(17)6-4-12/h2-10H,1,11H2. The van der Waals surface area contributed by atoms with Gasteiger partial charge in [0.15, 0.2) is 0 Å². The van der Waals surface area contributed by atoms with Gasteiger partial charge in [0.25, 0.3) is 5.91 Å². The lowest BCUT2D eigenvalue weighted by molar-refractivity contribution is -0.114. The second kappa shape index (κ2) is 6.35. The van der Waals surface area contributed by atoms with Gasteiger partial charge in [-0.25, -0.2) is 4.39 Å². The summed E-state index contributed by atoms with van der Waals surface area (Å²) in [4.78, 5) is 13.5. The molecule has 0 heterocycles. The van der Waals surface area contributed by atoms with Crippen LogP contribution in [-0.2, 0) is 11.3 Å². The van der Waals surface area contributed by atoms with Crippen molar-refractivity contribution in [3.05, 3.63) is 77.6 Å². The molecule has 102 valence electrons. The van der Waals surface area contributed by atoms with Crippen LogP contribution >= 0.6 is 11.6 Å². The SMILES string of the molecule is C=CC(=O)N(Cc1ccc(Cl)cc1)c1ccc(F)cc1. The molecule has 1 amide bonds. The zero-order valence-electron chi connectivity index (χ0n) is 10.7. The zero-order chi connectivity index (χ0) is 14.5. The molecule has 0 aliphatic carbocycles. The minimum absolute atomic E-state index is 0.244. The highest BCUT2D eigenvalue weighted by Gasteiger charge is 2.13. The second-order valence-corrected chi connectivity index (χ2v) is 4.67. The first-order valence-corrected chi connectivity index (χ1v) is 6.42. The molecule has 20 heavy (non-hydrogen) atoms. The molecule has 0 aromatic heterocycles. The van der Waals surface area contributed by atoms with Gasteiger partial charge in [-0.2, -0.15) is 0 Å². The molecular formula is C16H13ClFNO. The van der Waals surface area contributed by atoms with Crippen LogP contribution in [0.15, 0.2) is 61.2 Å². The van der Waals surface area contributed by atoms with Crippen LogP contribution in [0.25, 0.3) is 0 Å². The summed E-state index contributed by atoms with van der Waals surface area (Å²) in [7, 11) is 0. The van der Waals surface area contributed by atoms with Crippen LogP contribution in [0, 0.1) is 5.82 Å². The fourth-order valence-corrected chi connectivity index (χ4v) is 1.93. The van der Waals surface area contributed by atoms with E-state index in [-0.39, 0.29) is 11.7 Å². The fourth-order valence-electron chi connectivity index (χ4n) is 1.80. The smallest absolute Gasteiger partial charge is 0.250 e. The molecule has 0 unspecified atom stereocenters. The van der Waals surface area contributed by atoms with Gasteiger partial charge in [-0.05, 0) is 48.0 Å². The first-order valence-electron chi connectivity index (χ1n) is 6.04. The third-order valence-corrected chi connectivity index (χ3v) is 3.08. The predicted molar refractivity (Wildman–Crippen MR) is 79.2 cm³/mol. The molecule has 2 aromatic carbocycles. The van der Waals surface area contributed by atoms with Gasteiger partial charge in [0.2, 0.25) is 0 Å². The number of hydrogen-bond acceptors (Lipinski definition) is 1. The van der Waals surface area contributed by atoms with Gasteiger partial charge >= 0.3 is 0 Å². The highest BCUT2D eigenvalue weighted by Crippen LogP contribution is 2.19. The van der Waals surface area contributed by atoms with Gasteiger partial charge in [0.05, 0.1) is 6.54 Å². The third-order valence-electron chi connectivity index (χ3n) is 2.83. The van der Waals surface area contributed by atoms with Gasteiger partial charge in [-0.1, -0.05) is 30.3 Å². The molecule has 0 fully saturated rings. The van der Waals surface area contributed by atoms with E-state index in [2.05, 4.69) is 6.58 Å². The van der Waals surface area contributed by atoms with Crippen molar-refractivity contribution in [3.8, 4) is 0 Å². The average Bonchev–Trinajstić information content (AvgIpc) is 2.47. The average molecular weight is 290 g/mol. The Morgan fingerprint density at radius 1 is 1.15 bits per heavy atom. The Kier molecular flexibility index (Phi) is 4.53. The van der Waals surface area contributed by atoms with Crippen LogP contribution in [0.1, 0.15) is 5.56 Å². The van der Waals surface area contributed by atoms with E-state index in [1.165, 1.54) is 23.1 Å². The van der Waals surface area contributed by atoms with Crippen molar-refractivity contribution in [2.45, 2.75) is 6.54 Å². The highest BCUT2D eigenvalue weighted by atomic mass is 35.5. The number of nitrogens with zero attached hydrogens (tertiary/aromatic N) is 1. The summed E-state index contributed by atoms with van der Waals surface area (Å²) in [5.41, 5.74) is 1.54. The zero-order valence-corrected chi connectivity index (χ0v) is 11.5. The fraction of sp³-hybridized carbons (Fsp3) is 0.0625. The first kappa shape index (κ1) is 14.3. The van der Waals surface area contributed by atoms with Crippen molar-refractivity contribution in [3.63, 3.8) is 0 Å². The number of rotatable bonds is 4. The van der Waals surface area contributed by atoms with E-state index in [1.54, 1.807) is 24.3 Å². The van der Waals surface area contributed by atoms with Gasteiger partial charge in [-0.3, -0.25) is 4.79 Å². The molecule has 0 aliphatic rings. The van der Waals surface area contributed by atoms with E-state index >= 15 is 0 Å². The predicted octanol–water partition coefficient (Wildman–Crippen LogP) is 4.20. The van der Waals surface area contributed by atoms with E-state index in [9.17, 15) is 9.18 Å². The van der Waals surface area contributed by atoms with Gasteiger partial charge in [0, 0.05) is 10.7 Å². The Balaban J connectivity index is 2.28. The molecule has 0 bridgehead atoms. The van der Waals surface area contributed by atoms with E-state index < -0.39 is 0 Å². The highest BCUT2D eigenvalue weighted by molar-refractivity contribution is 6.30. The molecule has 0 saturated heterocycles. The largest absolute Gasteiger partial charge is 0.304 e. The van der Waals surface area contributed by atoms with Crippen molar-refractivity contribution in [2.75, 3.05) is 4.90 Å². The number of hydrogen-bond donors (Lipinski definition) is 0. The minimum atomic E-state index is -0.341. The maximum Gasteiger partial charge on any atom is 0.250 e. The maximum absolute atomic E-state index is 13.0. The number of carbonyl (C=O) groups is 1. The molecule has 0 aliphatic heterocycles. The van der Waals surface area contributed by atoms with Gasteiger partial charge in [-0.15, -0.1) is 0 Å². The monoisotopic (exact) mass is 289 g/mol. The Bertz CT molecular complexity index is 607. The van der Waals surface area contributed by atoms with Crippen LogP contribution in [0.5, 0.6) is 0 Å². The molecule has 4 heteroatoms. The molecule has 2 aromatic rings. The maximum atomic E-state index is 13.0. The van der Waals surface area contributed by atoms with Gasteiger partial charge < -0.3 is 4.90 Å². The van der Waals surface area contributed by atoms with Crippen LogP contribution < -0.4 is 4.90 Å². The Morgan fingerprint density at radius 3 is 2.30 bits per heavy atom. The summed E-state index contributed by atoms with van der Waals surface area (Å²) in [6.07, 6.45) is 1.24. The minimum Gasteiger partial charge on any atom is -0.304 e. The summed E-state index contributed by atoms with van der Waals surface area (Å²) in [5.74, 6) is -0.585. The van der Waals surface area contributed by atoms with Crippen LogP contribution in [-0.4, -0.2) is 5.91 Å². The molecule has 2 rings (SSSR count). The van der Waals surface area contributed by atoms with Crippen LogP contribution in [0.3, 0.4) is 0 Å². The lowest BCUT2D eigenvalue weighted by Gasteiger charge is -2.21. The lowest BCUT2D eigenvalue weighted by Crippen LogP contribution is -2.28. The number of benzene rings is 2. The van der Waals surface area contributed by atoms with E-state index in [0.29, 0.717) is 17.3 Å². The quantitative estimate of drug-likeness (QED) is 0.773. The Hall–Kier alpha value is -2.13. The summed E-state index contributed by atoms with van der Waals surface area (Å²) < 4.78 is 13.0. The van der Waals surface area contributed by atoms with Crippen molar-refractivity contribution in [2.24, 2.45) is 0 Å². The number of carbonyl (C=O) groups excluding carboxylic acids is 1. The lowest BCUT2D eigenvalue weighted by atomic mass is 10.2. The van der Waals surface area contributed by atoms with Crippen molar-refractivity contribution >= 4 is 23.2 Å². The molecule has 0 radical (unpaired) electrons.